The Morgan fingerprint density at radius 2 is 1.43 bits per heavy atom. The van der Waals surface area contributed by atoms with Crippen molar-refractivity contribution in [2.24, 2.45) is 52.3 Å². The number of fused-ring (bicyclic) bond motifs is 5. The number of nitrogen functional groups attached to an aromatic ring is 2. The van der Waals surface area contributed by atoms with Crippen LogP contribution in [0.3, 0.4) is 0 Å². The number of benzene rings is 2. The van der Waals surface area contributed by atoms with E-state index in [1.807, 2.05) is 26.0 Å². The Hall–Kier alpha value is 0.0400. The number of esters is 4. The van der Waals surface area contributed by atoms with Crippen LogP contribution < -0.4 is 11.5 Å². The van der Waals surface area contributed by atoms with Gasteiger partial charge >= 0.3 is 23.9 Å². The minimum Gasteiger partial charge on any atom is -0.465 e. The molecule has 10 nitrogen and oxygen atoms in total. The molecule has 3 saturated carbocycles. The average molecular weight is 1670 g/mol. The van der Waals surface area contributed by atoms with Crippen molar-refractivity contribution < 1.29 is 38.1 Å². The number of halogens is 6. The standard InChI is InChI=1S/C56H76I6N2O8/c1-8-32(25-38-42(57)27-44(59)51(63)49(38)61)53(67)72-35(21-24-69-54(68)36(9-2)48-43(58)28-45(60)52(64)50(48)62)29-70-46(65)17-18-47(66)71-34-19-22-55(6)33(26-34)13-14-37-40-16-15-39(31(5)12-10-11-30(3)4)56(40,7)23-20-41(37)55/h13,27-28,30-32,34-37,39-41H,8-12,14-26,29,63-64H2,1-7H3/t31-,32?,34+,35-,36?,37?,39-,40?,41?,55+,56-/m1/s1. The molecule has 3 fully saturated rings. The monoisotopic (exact) mass is 1670 g/mol. The maximum Gasteiger partial charge on any atom is 0.313 e. The molecule has 4 aliphatic rings. The summed E-state index contributed by atoms with van der Waals surface area (Å²) in [6, 6.07) is 3.97. The van der Waals surface area contributed by atoms with Crippen molar-refractivity contribution >= 4 is 171 Å². The van der Waals surface area contributed by atoms with E-state index in [0.717, 1.165) is 87.8 Å². The van der Waals surface area contributed by atoms with E-state index in [1.165, 1.54) is 50.5 Å². The molecule has 0 heterocycles. The zero-order chi connectivity index (χ0) is 52.8. The first-order chi connectivity index (χ1) is 34.0. The third kappa shape index (κ3) is 14.4. The summed E-state index contributed by atoms with van der Waals surface area (Å²) in [5, 5.41) is 0. The van der Waals surface area contributed by atoms with Crippen molar-refractivity contribution in [2.75, 3.05) is 24.7 Å². The topological polar surface area (TPSA) is 157 Å². The molecule has 72 heavy (non-hydrogen) atoms. The lowest BCUT2D eigenvalue weighted by atomic mass is 9.47. The Labute approximate surface area is 511 Å². The Morgan fingerprint density at radius 1 is 0.750 bits per heavy atom. The molecule has 0 spiro atoms. The number of nitrogens with two attached hydrogens (primary N) is 2. The lowest BCUT2D eigenvalue weighted by Gasteiger charge is -2.58. The van der Waals surface area contributed by atoms with E-state index in [0.29, 0.717) is 42.0 Å². The summed E-state index contributed by atoms with van der Waals surface area (Å²) in [4.78, 5) is 54.2. The van der Waals surface area contributed by atoms with E-state index in [1.54, 1.807) is 0 Å². The van der Waals surface area contributed by atoms with Gasteiger partial charge in [-0.1, -0.05) is 79.4 Å². The molecule has 4 N–H and O–H groups in total. The summed E-state index contributed by atoms with van der Waals surface area (Å²) >= 11 is 13.3. The van der Waals surface area contributed by atoms with Gasteiger partial charge in [0.1, 0.15) is 18.8 Å². The van der Waals surface area contributed by atoms with Crippen LogP contribution in [0.1, 0.15) is 168 Å². The van der Waals surface area contributed by atoms with Gasteiger partial charge in [-0.05, 0) is 269 Å². The maximum atomic E-state index is 13.9. The van der Waals surface area contributed by atoms with Crippen LogP contribution in [-0.2, 0) is 44.5 Å². The van der Waals surface area contributed by atoms with Crippen molar-refractivity contribution in [3.63, 3.8) is 0 Å². The van der Waals surface area contributed by atoms with Gasteiger partial charge in [-0.25, -0.2) is 0 Å². The molecule has 2 aromatic rings. The van der Waals surface area contributed by atoms with Crippen LogP contribution >= 0.6 is 136 Å². The molecule has 11 atom stereocenters. The second-order valence-corrected chi connectivity index (χ2v) is 28.9. The van der Waals surface area contributed by atoms with Crippen LogP contribution in [0.25, 0.3) is 0 Å². The van der Waals surface area contributed by atoms with Crippen LogP contribution in [0.5, 0.6) is 0 Å². The fourth-order valence-corrected chi connectivity index (χ4v) is 21.1. The van der Waals surface area contributed by atoms with Gasteiger partial charge in [-0.2, -0.15) is 0 Å². The molecule has 16 heteroatoms. The number of rotatable bonds is 22. The highest BCUT2D eigenvalue weighted by atomic mass is 127. The molecule has 0 radical (unpaired) electrons. The van der Waals surface area contributed by atoms with E-state index >= 15 is 0 Å². The number of hydrogen-bond donors (Lipinski definition) is 2. The fourth-order valence-electron chi connectivity index (χ4n) is 13.2. The van der Waals surface area contributed by atoms with Crippen molar-refractivity contribution in [3.8, 4) is 0 Å². The van der Waals surface area contributed by atoms with Gasteiger partial charge in [0.05, 0.1) is 42.7 Å². The summed E-state index contributed by atoms with van der Waals surface area (Å²) in [5.74, 6) is 1.70. The van der Waals surface area contributed by atoms with Gasteiger partial charge in [0.15, 0.2) is 0 Å². The zero-order valence-corrected chi connectivity index (χ0v) is 56.1. The minimum atomic E-state index is -0.902. The molecule has 400 valence electrons. The largest absolute Gasteiger partial charge is 0.465 e. The van der Waals surface area contributed by atoms with E-state index in [4.69, 9.17) is 30.4 Å². The Morgan fingerprint density at radius 3 is 2.11 bits per heavy atom. The maximum absolute atomic E-state index is 13.9. The van der Waals surface area contributed by atoms with Gasteiger partial charge < -0.3 is 30.4 Å². The second kappa shape index (κ2) is 27.3. The highest BCUT2D eigenvalue weighted by Crippen LogP contribution is 2.67. The average Bonchev–Trinajstić information content (AvgIpc) is 3.69. The third-order valence-electron chi connectivity index (χ3n) is 17.3. The molecule has 2 aromatic carbocycles. The fraction of sp³-hybridized carbons (Fsp3) is 0.679. The number of carbonyl (C=O) groups excluding carboxylic acids is 4. The molecule has 5 unspecified atom stereocenters. The van der Waals surface area contributed by atoms with Crippen LogP contribution in [-0.4, -0.2) is 49.3 Å². The molecule has 6 rings (SSSR count). The van der Waals surface area contributed by atoms with E-state index < -0.39 is 41.8 Å². The Balaban J connectivity index is 1.03. The van der Waals surface area contributed by atoms with Crippen LogP contribution in [0.2, 0.25) is 0 Å². The first-order valence-corrected chi connectivity index (χ1v) is 32.8. The molecule has 0 bridgehead atoms. The van der Waals surface area contributed by atoms with Gasteiger partial charge in [-0.15, -0.1) is 0 Å². The quantitative estimate of drug-likeness (QED) is 0.0382. The SMILES string of the molecule is CCC(Cc1c(I)cc(I)c(N)c1I)C(=O)O[C@H](CCOC(=O)C(CC)c1c(I)cc(I)c(N)c1I)COC(=O)CCC(=O)O[C@H]1CC[C@@]2(C)C(=CCC3C2CC[C@@]2(C)C3CC[C@@H]2[C@H](C)CCCC(C)C)C1. The molecule has 0 aromatic heterocycles. The Bertz CT molecular complexity index is 2330. The smallest absolute Gasteiger partial charge is 0.313 e. The van der Waals surface area contributed by atoms with Crippen LogP contribution in [0, 0.1) is 73.7 Å². The molecule has 4 aliphatic carbocycles. The van der Waals surface area contributed by atoms with Crippen molar-refractivity contribution in [1.82, 2.24) is 0 Å². The summed E-state index contributed by atoms with van der Waals surface area (Å²) in [7, 11) is 0. The predicted molar refractivity (Wildman–Crippen MR) is 337 cm³/mol. The van der Waals surface area contributed by atoms with Gasteiger partial charge in [0.25, 0.3) is 0 Å². The summed E-state index contributed by atoms with van der Waals surface area (Å²) in [6.07, 6.45) is 15.8. The lowest BCUT2D eigenvalue weighted by Crippen LogP contribution is -2.51. The second-order valence-electron chi connectivity index (χ2n) is 22.1. The zero-order valence-electron chi connectivity index (χ0n) is 43.1. The molecule has 0 saturated heterocycles. The normalized spacial score (nSPS) is 26.3. The van der Waals surface area contributed by atoms with Crippen LogP contribution in [0.15, 0.2) is 23.8 Å². The molecular formula is C56H76I6N2O8. The minimum absolute atomic E-state index is 0.0684. The lowest BCUT2D eigenvalue weighted by molar-refractivity contribution is -0.165. The van der Waals surface area contributed by atoms with E-state index in [-0.39, 0.29) is 44.0 Å². The van der Waals surface area contributed by atoms with E-state index in [9.17, 15) is 19.2 Å². The Kier molecular flexibility index (Phi) is 23.2. The summed E-state index contributed by atoms with van der Waals surface area (Å²) in [5.41, 5.74) is 17.9. The van der Waals surface area contributed by atoms with Gasteiger partial charge in [0.2, 0.25) is 0 Å². The molecule has 0 amide bonds. The first kappa shape index (κ1) is 61.3. The number of anilines is 2. The van der Waals surface area contributed by atoms with Crippen molar-refractivity contribution in [1.29, 1.82) is 0 Å². The molecule has 0 aliphatic heterocycles. The molecular weight excluding hydrogens is 1590 g/mol. The van der Waals surface area contributed by atoms with E-state index in [2.05, 4.69) is 176 Å². The van der Waals surface area contributed by atoms with Gasteiger partial charge in [-0.3, -0.25) is 19.2 Å². The van der Waals surface area contributed by atoms with Crippen LogP contribution in [0.4, 0.5) is 11.4 Å². The highest BCUT2D eigenvalue weighted by molar-refractivity contribution is 14.1. The van der Waals surface area contributed by atoms with Crippen molar-refractivity contribution in [2.45, 2.75) is 176 Å². The number of allylic oxidation sites excluding steroid dienone is 1. The number of ether oxygens (including phenoxy) is 4. The predicted octanol–water partition coefficient (Wildman–Crippen LogP) is 15.4. The summed E-state index contributed by atoms with van der Waals surface area (Å²) in [6.45, 7) is 15.9. The van der Waals surface area contributed by atoms with Crippen molar-refractivity contribution in [3.05, 3.63) is 56.3 Å². The first-order valence-electron chi connectivity index (χ1n) is 26.3. The number of hydrogen-bond acceptors (Lipinski definition) is 10. The summed E-state index contributed by atoms with van der Waals surface area (Å²) < 4.78 is 29.2. The van der Waals surface area contributed by atoms with Gasteiger partial charge in [0, 0.05) is 34.3 Å². The highest BCUT2D eigenvalue weighted by Gasteiger charge is 2.59. The third-order valence-corrected chi connectivity index (χ3v) is 23.4. The number of carbonyl (C=O) groups is 4.